The van der Waals surface area contributed by atoms with E-state index in [1.807, 2.05) is 56.4 Å². The van der Waals surface area contributed by atoms with Crippen LogP contribution in [0.1, 0.15) is 39.2 Å². The topological polar surface area (TPSA) is 55.5 Å². The van der Waals surface area contributed by atoms with E-state index in [4.69, 9.17) is 5.73 Å². The molecule has 27 heavy (non-hydrogen) atoms. The van der Waals surface area contributed by atoms with Crippen LogP contribution in [-0.2, 0) is 11.2 Å². The standard InChI is InChI=1S/C24H28N2O.H2/c1-5-8-17(9-6-2)23(26-4)16-22(24(27)10-7-3)20-13-18-11-12-21(25)15-19(18)14-20;/h5-6,8-9,11-12,14-16H,1,7,10,13,25H2,2-4H3;1H/b9-6-,17-8+,22-16-,26-23?;. The van der Waals surface area contributed by atoms with E-state index < -0.39 is 0 Å². The Morgan fingerprint density at radius 1 is 1.41 bits per heavy atom. The average molecular weight is 363 g/mol. The number of hydrogen-bond donors (Lipinski definition) is 1. The van der Waals surface area contributed by atoms with Gasteiger partial charge in [0.1, 0.15) is 0 Å². The van der Waals surface area contributed by atoms with Gasteiger partial charge in [-0.2, -0.15) is 0 Å². The molecule has 1 aromatic carbocycles. The predicted octanol–water partition coefficient (Wildman–Crippen LogP) is 5.51. The molecule has 1 aliphatic rings. The van der Waals surface area contributed by atoms with Crippen molar-refractivity contribution < 1.29 is 6.22 Å². The van der Waals surface area contributed by atoms with Crippen LogP contribution in [0.15, 0.2) is 76.9 Å². The van der Waals surface area contributed by atoms with Crippen LogP contribution in [0.25, 0.3) is 6.08 Å². The van der Waals surface area contributed by atoms with Crippen molar-refractivity contribution in [2.75, 3.05) is 12.8 Å². The molecule has 0 aromatic heterocycles. The fourth-order valence-electron chi connectivity index (χ4n) is 3.19. The van der Waals surface area contributed by atoms with E-state index in [1.165, 1.54) is 5.56 Å². The summed E-state index contributed by atoms with van der Waals surface area (Å²) < 4.78 is 0. The minimum atomic E-state index is 0. The zero-order chi connectivity index (χ0) is 19.8. The lowest BCUT2D eigenvalue weighted by molar-refractivity contribution is -0.115. The monoisotopic (exact) mass is 362 g/mol. The Kier molecular flexibility index (Phi) is 7.30. The van der Waals surface area contributed by atoms with Gasteiger partial charge in [0.25, 0.3) is 0 Å². The van der Waals surface area contributed by atoms with Crippen molar-refractivity contribution in [3.05, 3.63) is 83.0 Å². The molecule has 0 unspecified atom stereocenters. The summed E-state index contributed by atoms with van der Waals surface area (Å²) in [7, 11) is 1.74. The van der Waals surface area contributed by atoms with E-state index in [9.17, 15) is 4.79 Å². The predicted molar refractivity (Wildman–Crippen MR) is 119 cm³/mol. The van der Waals surface area contributed by atoms with Gasteiger partial charge in [-0.3, -0.25) is 9.79 Å². The number of carbonyl (C=O) groups is 1. The first-order chi connectivity index (χ1) is 13.0. The summed E-state index contributed by atoms with van der Waals surface area (Å²) in [5.41, 5.74) is 12.4. The fourth-order valence-corrected chi connectivity index (χ4v) is 3.19. The van der Waals surface area contributed by atoms with Gasteiger partial charge in [-0.15, -0.1) is 0 Å². The summed E-state index contributed by atoms with van der Waals surface area (Å²) in [4.78, 5) is 17.3. The van der Waals surface area contributed by atoms with E-state index in [1.54, 1.807) is 13.1 Å². The van der Waals surface area contributed by atoms with Crippen LogP contribution in [0.4, 0.5) is 5.69 Å². The fraction of sp³-hybridized carbons (Fsp3) is 0.250. The summed E-state index contributed by atoms with van der Waals surface area (Å²) in [5, 5.41) is 0. The van der Waals surface area contributed by atoms with Crippen LogP contribution in [0, 0.1) is 0 Å². The van der Waals surface area contributed by atoms with Gasteiger partial charge >= 0.3 is 0 Å². The maximum atomic E-state index is 12.9. The first-order valence-electron chi connectivity index (χ1n) is 9.30. The molecular weight excluding hydrogens is 332 g/mol. The molecular formula is C24H30N2O. The normalized spacial score (nSPS) is 15.1. The minimum absolute atomic E-state index is 0. The zero-order valence-electron chi connectivity index (χ0n) is 16.5. The van der Waals surface area contributed by atoms with Crippen LogP contribution >= 0.6 is 0 Å². The van der Waals surface area contributed by atoms with Gasteiger partial charge in [0, 0.05) is 26.2 Å². The Morgan fingerprint density at radius 2 is 2.19 bits per heavy atom. The largest absolute Gasteiger partial charge is 0.399 e. The highest BCUT2D eigenvalue weighted by molar-refractivity contribution is 6.16. The average Bonchev–Trinajstić information content (AvgIpc) is 3.05. The zero-order valence-corrected chi connectivity index (χ0v) is 16.5. The van der Waals surface area contributed by atoms with E-state index in [0.717, 1.165) is 46.5 Å². The molecule has 0 saturated carbocycles. The number of nitrogens with two attached hydrogens (primary N) is 1. The third-order valence-electron chi connectivity index (χ3n) is 4.47. The van der Waals surface area contributed by atoms with Crippen molar-refractivity contribution in [2.24, 2.45) is 4.99 Å². The Morgan fingerprint density at radius 3 is 2.81 bits per heavy atom. The highest BCUT2D eigenvalue weighted by Gasteiger charge is 2.21. The Bertz CT molecular complexity index is 886. The molecule has 0 radical (unpaired) electrons. The molecule has 1 aliphatic carbocycles. The van der Waals surface area contributed by atoms with Gasteiger partial charge in [-0.1, -0.05) is 49.9 Å². The number of hydrogen-bond acceptors (Lipinski definition) is 3. The van der Waals surface area contributed by atoms with Gasteiger partial charge in [0.05, 0.1) is 5.71 Å². The number of nitrogen functional groups attached to an aromatic ring is 1. The number of carbonyl (C=O) groups excluding carboxylic acids is 1. The van der Waals surface area contributed by atoms with Crippen molar-refractivity contribution >= 4 is 23.3 Å². The second-order valence-electron chi connectivity index (χ2n) is 6.50. The summed E-state index contributed by atoms with van der Waals surface area (Å²) in [6, 6.07) is 5.90. The molecule has 0 heterocycles. The summed E-state index contributed by atoms with van der Waals surface area (Å²) in [6.07, 6.45) is 13.6. The molecule has 2 rings (SSSR count). The summed E-state index contributed by atoms with van der Waals surface area (Å²) in [6.45, 7) is 7.76. The van der Waals surface area contributed by atoms with Crippen LogP contribution < -0.4 is 5.73 Å². The maximum Gasteiger partial charge on any atom is 0.163 e. The number of allylic oxidation sites excluding steroid dienone is 8. The Hall–Kier alpha value is -2.94. The number of fused-ring (bicyclic) bond motifs is 1. The highest BCUT2D eigenvalue weighted by atomic mass is 16.1. The lowest BCUT2D eigenvalue weighted by Gasteiger charge is -2.10. The Labute approximate surface area is 163 Å². The third-order valence-corrected chi connectivity index (χ3v) is 4.47. The minimum Gasteiger partial charge on any atom is -0.399 e. The number of anilines is 1. The lowest BCUT2D eigenvalue weighted by Crippen LogP contribution is -2.09. The van der Waals surface area contributed by atoms with E-state index in [2.05, 4.69) is 17.6 Å². The number of benzene rings is 1. The van der Waals surface area contributed by atoms with Gasteiger partial charge in [-0.25, -0.2) is 0 Å². The van der Waals surface area contributed by atoms with Crippen molar-refractivity contribution in [3.63, 3.8) is 0 Å². The number of ketones is 1. The lowest BCUT2D eigenvalue weighted by atomic mass is 9.94. The molecule has 3 heteroatoms. The van der Waals surface area contributed by atoms with Crippen molar-refractivity contribution in [1.82, 2.24) is 0 Å². The first kappa shape index (κ1) is 20.4. The molecule has 2 N–H and O–H groups in total. The van der Waals surface area contributed by atoms with Gasteiger partial charge in [-0.05, 0) is 60.2 Å². The second-order valence-corrected chi connectivity index (χ2v) is 6.50. The third kappa shape index (κ3) is 5.04. The molecule has 0 bridgehead atoms. The van der Waals surface area contributed by atoms with Crippen molar-refractivity contribution in [3.8, 4) is 0 Å². The highest BCUT2D eigenvalue weighted by Crippen LogP contribution is 2.32. The second kappa shape index (κ2) is 9.67. The van der Waals surface area contributed by atoms with Crippen LogP contribution in [0.3, 0.4) is 0 Å². The van der Waals surface area contributed by atoms with Crippen molar-refractivity contribution in [2.45, 2.75) is 33.1 Å². The van der Waals surface area contributed by atoms with Crippen LogP contribution in [0.5, 0.6) is 0 Å². The number of nitrogens with zero attached hydrogens (tertiary/aromatic N) is 1. The molecule has 0 fully saturated rings. The molecule has 142 valence electrons. The maximum absolute atomic E-state index is 12.9. The van der Waals surface area contributed by atoms with E-state index >= 15 is 0 Å². The SMILES string of the molecule is C=C/C=C(\C=C/C)C(/C=C(\C(=O)CCC)C1=Cc2cc(N)ccc2C1)=NC.[HH]. The van der Waals surface area contributed by atoms with Gasteiger partial charge in [0.2, 0.25) is 0 Å². The number of Topliss-reactive ketones (excluding diaryl/α,β-unsaturated/α-hetero) is 1. The van der Waals surface area contributed by atoms with Crippen LogP contribution in [0.2, 0.25) is 0 Å². The number of aliphatic imine (C=N–C) groups is 1. The molecule has 0 aliphatic heterocycles. The van der Waals surface area contributed by atoms with Crippen LogP contribution in [-0.4, -0.2) is 18.5 Å². The van der Waals surface area contributed by atoms with Gasteiger partial charge < -0.3 is 5.73 Å². The molecule has 0 amide bonds. The smallest absolute Gasteiger partial charge is 0.163 e. The van der Waals surface area contributed by atoms with E-state index in [0.29, 0.717) is 6.42 Å². The first-order valence-corrected chi connectivity index (χ1v) is 9.30. The van der Waals surface area contributed by atoms with E-state index in [-0.39, 0.29) is 7.21 Å². The Balaban J connectivity index is 0.00000392. The van der Waals surface area contributed by atoms with Gasteiger partial charge in [0.15, 0.2) is 5.78 Å². The molecule has 0 saturated heterocycles. The molecule has 3 nitrogen and oxygen atoms in total. The molecule has 0 atom stereocenters. The number of rotatable bonds is 8. The summed E-state index contributed by atoms with van der Waals surface area (Å²) in [5.74, 6) is 0.143. The molecule has 0 spiro atoms. The van der Waals surface area contributed by atoms with Crippen molar-refractivity contribution in [1.29, 1.82) is 0 Å². The quantitative estimate of drug-likeness (QED) is 0.287. The molecule has 1 aromatic rings. The summed E-state index contributed by atoms with van der Waals surface area (Å²) >= 11 is 0.